The van der Waals surface area contributed by atoms with Gasteiger partial charge in [0.1, 0.15) is 10.6 Å². The number of aromatic nitrogens is 2. The van der Waals surface area contributed by atoms with Crippen LogP contribution < -0.4 is 11.1 Å². The SMILES string of the molecule is NC(=O)C(CSc1cnccn1)(NC1CC1)C1CC1. The van der Waals surface area contributed by atoms with E-state index in [1.807, 2.05) is 0 Å². The van der Waals surface area contributed by atoms with E-state index in [1.54, 1.807) is 30.4 Å². The fourth-order valence-electron chi connectivity index (χ4n) is 2.34. The smallest absolute Gasteiger partial charge is 0.238 e. The third-order valence-corrected chi connectivity index (χ3v) is 4.85. The van der Waals surface area contributed by atoms with E-state index in [0.717, 1.165) is 30.7 Å². The molecule has 0 aliphatic heterocycles. The fourth-order valence-corrected chi connectivity index (χ4v) is 3.44. The van der Waals surface area contributed by atoms with Gasteiger partial charge in [0.2, 0.25) is 5.91 Å². The molecule has 3 rings (SSSR count). The van der Waals surface area contributed by atoms with Gasteiger partial charge in [-0.1, -0.05) is 0 Å². The second-order valence-corrected chi connectivity index (χ2v) is 6.36. The monoisotopic (exact) mass is 278 g/mol. The Morgan fingerprint density at radius 3 is 2.74 bits per heavy atom. The van der Waals surface area contributed by atoms with Crippen molar-refractivity contribution in [2.75, 3.05) is 5.75 Å². The van der Waals surface area contributed by atoms with E-state index in [2.05, 4.69) is 15.3 Å². The van der Waals surface area contributed by atoms with Crippen LogP contribution in [0.25, 0.3) is 0 Å². The third-order valence-electron chi connectivity index (χ3n) is 3.74. The predicted molar refractivity (Wildman–Crippen MR) is 73.6 cm³/mol. The maximum Gasteiger partial charge on any atom is 0.238 e. The van der Waals surface area contributed by atoms with Crippen LogP contribution in [-0.2, 0) is 4.79 Å². The molecule has 0 radical (unpaired) electrons. The molecule has 5 nitrogen and oxygen atoms in total. The summed E-state index contributed by atoms with van der Waals surface area (Å²) in [4.78, 5) is 20.3. The van der Waals surface area contributed by atoms with Crippen molar-refractivity contribution in [3.05, 3.63) is 18.6 Å². The molecule has 1 amide bonds. The van der Waals surface area contributed by atoms with Gasteiger partial charge in [0, 0.05) is 24.2 Å². The van der Waals surface area contributed by atoms with E-state index in [1.165, 1.54) is 0 Å². The van der Waals surface area contributed by atoms with Crippen molar-refractivity contribution in [2.24, 2.45) is 11.7 Å². The Hall–Kier alpha value is -1.14. The molecule has 2 saturated carbocycles. The van der Waals surface area contributed by atoms with Crippen LogP contribution >= 0.6 is 11.8 Å². The number of thioether (sulfide) groups is 1. The Labute approximate surface area is 116 Å². The van der Waals surface area contributed by atoms with Crippen molar-refractivity contribution in [3.8, 4) is 0 Å². The lowest BCUT2D eigenvalue weighted by molar-refractivity contribution is -0.124. The molecular weight excluding hydrogens is 260 g/mol. The van der Waals surface area contributed by atoms with Gasteiger partial charge in [-0.15, -0.1) is 11.8 Å². The molecule has 102 valence electrons. The number of carbonyl (C=O) groups excluding carboxylic acids is 1. The predicted octanol–water partition coefficient (Wildman–Crippen LogP) is 0.955. The highest BCUT2D eigenvalue weighted by molar-refractivity contribution is 7.99. The van der Waals surface area contributed by atoms with Crippen LogP contribution in [-0.4, -0.2) is 33.2 Å². The van der Waals surface area contributed by atoms with Crippen LogP contribution in [0.15, 0.2) is 23.6 Å². The van der Waals surface area contributed by atoms with E-state index in [-0.39, 0.29) is 5.91 Å². The first-order chi connectivity index (χ1) is 9.21. The molecule has 0 bridgehead atoms. The molecule has 2 aliphatic carbocycles. The minimum absolute atomic E-state index is 0.224. The number of amides is 1. The van der Waals surface area contributed by atoms with Crippen LogP contribution in [0.3, 0.4) is 0 Å². The largest absolute Gasteiger partial charge is 0.368 e. The Kier molecular flexibility index (Phi) is 3.45. The van der Waals surface area contributed by atoms with Crippen LogP contribution in [0.5, 0.6) is 0 Å². The summed E-state index contributed by atoms with van der Waals surface area (Å²) in [6.07, 6.45) is 9.51. The average molecular weight is 278 g/mol. The number of hydrogen-bond donors (Lipinski definition) is 2. The third kappa shape index (κ3) is 2.90. The first kappa shape index (κ1) is 12.9. The summed E-state index contributed by atoms with van der Waals surface area (Å²) in [5.41, 5.74) is 5.14. The molecule has 2 aliphatic rings. The Balaban J connectivity index is 1.72. The maximum absolute atomic E-state index is 12.0. The molecule has 1 aromatic rings. The summed E-state index contributed by atoms with van der Waals surface area (Å²) in [5.74, 6) is 0.801. The molecule has 1 aromatic heterocycles. The second kappa shape index (κ2) is 5.09. The number of primary amides is 1. The molecule has 19 heavy (non-hydrogen) atoms. The van der Waals surface area contributed by atoms with E-state index in [4.69, 9.17) is 5.73 Å². The van der Waals surface area contributed by atoms with Crippen molar-refractivity contribution < 1.29 is 4.79 Å². The van der Waals surface area contributed by atoms with E-state index < -0.39 is 5.54 Å². The van der Waals surface area contributed by atoms with Gasteiger partial charge < -0.3 is 5.73 Å². The molecule has 2 fully saturated rings. The topological polar surface area (TPSA) is 80.9 Å². The van der Waals surface area contributed by atoms with Crippen LogP contribution in [0, 0.1) is 5.92 Å². The summed E-state index contributed by atoms with van der Waals surface area (Å²) in [6, 6.07) is 0.468. The van der Waals surface area contributed by atoms with Gasteiger partial charge >= 0.3 is 0 Å². The van der Waals surface area contributed by atoms with Gasteiger partial charge in [-0.25, -0.2) is 4.98 Å². The van der Waals surface area contributed by atoms with E-state index >= 15 is 0 Å². The quantitative estimate of drug-likeness (QED) is 0.726. The zero-order valence-corrected chi connectivity index (χ0v) is 11.5. The summed E-state index contributed by atoms with van der Waals surface area (Å²) >= 11 is 1.56. The standard InChI is InChI=1S/C13H18N4OS/c14-12(18)13(9-1-2-9,17-10-3-4-10)8-19-11-7-15-5-6-16-11/h5-7,9-10,17H,1-4,8H2,(H2,14,18). The summed E-state index contributed by atoms with van der Waals surface area (Å²) in [7, 11) is 0. The maximum atomic E-state index is 12.0. The summed E-state index contributed by atoms with van der Waals surface area (Å²) in [5, 5.41) is 4.33. The molecule has 6 heteroatoms. The van der Waals surface area contributed by atoms with E-state index in [0.29, 0.717) is 17.7 Å². The molecule has 0 spiro atoms. The van der Waals surface area contributed by atoms with Crippen LogP contribution in [0.4, 0.5) is 0 Å². The highest BCUT2D eigenvalue weighted by Crippen LogP contribution is 2.43. The first-order valence-corrected chi connectivity index (χ1v) is 7.66. The zero-order valence-electron chi connectivity index (χ0n) is 10.7. The molecule has 0 saturated heterocycles. The lowest BCUT2D eigenvalue weighted by Gasteiger charge is -2.31. The molecule has 3 N–H and O–H groups in total. The number of nitrogens with zero attached hydrogens (tertiary/aromatic N) is 2. The molecule has 1 heterocycles. The van der Waals surface area contributed by atoms with Crippen LogP contribution in [0.2, 0.25) is 0 Å². The fraction of sp³-hybridized carbons (Fsp3) is 0.615. The highest BCUT2D eigenvalue weighted by atomic mass is 32.2. The number of rotatable bonds is 7. The van der Waals surface area contributed by atoms with Gasteiger partial charge in [0.25, 0.3) is 0 Å². The van der Waals surface area contributed by atoms with Crippen molar-refractivity contribution in [1.29, 1.82) is 0 Å². The summed E-state index contributed by atoms with van der Waals surface area (Å²) < 4.78 is 0. The summed E-state index contributed by atoms with van der Waals surface area (Å²) in [6.45, 7) is 0. The number of nitrogens with two attached hydrogens (primary N) is 1. The normalized spacial score (nSPS) is 21.9. The van der Waals surface area contributed by atoms with E-state index in [9.17, 15) is 4.79 Å². The van der Waals surface area contributed by atoms with Crippen molar-refractivity contribution in [2.45, 2.75) is 42.3 Å². The van der Waals surface area contributed by atoms with Gasteiger partial charge in [-0.3, -0.25) is 15.1 Å². The zero-order chi connectivity index (χ0) is 13.3. The van der Waals surface area contributed by atoms with Gasteiger partial charge in [-0.2, -0.15) is 0 Å². The Morgan fingerprint density at radius 1 is 1.42 bits per heavy atom. The van der Waals surface area contributed by atoms with Crippen LogP contribution in [0.1, 0.15) is 25.7 Å². The van der Waals surface area contributed by atoms with Gasteiger partial charge in [0.05, 0.1) is 6.20 Å². The Morgan fingerprint density at radius 2 is 2.21 bits per heavy atom. The number of carbonyl (C=O) groups is 1. The number of hydrogen-bond acceptors (Lipinski definition) is 5. The van der Waals surface area contributed by atoms with Gasteiger partial charge in [-0.05, 0) is 31.6 Å². The number of nitrogens with one attached hydrogen (secondary N) is 1. The molecule has 1 unspecified atom stereocenters. The lowest BCUT2D eigenvalue weighted by Crippen LogP contribution is -2.60. The van der Waals surface area contributed by atoms with Crippen molar-refractivity contribution >= 4 is 17.7 Å². The highest BCUT2D eigenvalue weighted by Gasteiger charge is 2.51. The van der Waals surface area contributed by atoms with Crippen molar-refractivity contribution in [3.63, 3.8) is 0 Å². The average Bonchev–Trinajstić information content (AvgIpc) is 3.28. The van der Waals surface area contributed by atoms with Gasteiger partial charge in [0.15, 0.2) is 0 Å². The minimum atomic E-state index is -0.566. The molecule has 0 aromatic carbocycles. The van der Waals surface area contributed by atoms with Crippen molar-refractivity contribution in [1.82, 2.24) is 15.3 Å². The minimum Gasteiger partial charge on any atom is -0.368 e. The molecular formula is C13H18N4OS. The molecule has 1 atom stereocenters. The second-order valence-electron chi connectivity index (χ2n) is 5.36. The Bertz CT molecular complexity index is 461. The lowest BCUT2D eigenvalue weighted by atomic mass is 9.94. The first-order valence-electron chi connectivity index (χ1n) is 6.67.